The van der Waals surface area contributed by atoms with E-state index in [0.29, 0.717) is 0 Å². The standard InChI is InChI=1S/C68H54/c1-5-45(64-54-24-12-14-26-56(54)65(47-20-8-6-9-21-47)57-27-15-13-25-55(57)64)33-32-44(2)50-38-40-52-53-41-39-51(43-63(53)68(3,4)62(52)42-50)46-34-36-49(37-35-46)67-60-30-18-16-28-58(60)66(48-22-10-7-11-23-48)59-29-17-19-31-61(59)67/h5,8,10,12-43H,2,6-7,9,11H2,1,3-4H3/b33-32-,45-5+. The van der Waals surface area contributed by atoms with Gasteiger partial charge in [0.25, 0.3) is 0 Å². The number of benzene rings is 9. The van der Waals surface area contributed by atoms with Crippen molar-refractivity contribution >= 4 is 65.4 Å². The molecule has 12 rings (SSSR count). The van der Waals surface area contributed by atoms with Crippen LogP contribution in [0.5, 0.6) is 0 Å². The highest BCUT2D eigenvalue weighted by Crippen LogP contribution is 2.51. The fourth-order valence-corrected chi connectivity index (χ4v) is 11.7. The summed E-state index contributed by atoms with van der Waals surface area (Å²) in [7, 11) is 0. The molecule has 0 nitrogen and oxygen atoms in total. The van der Waals surface area contributed by atoms with E-state index in [0.717, 1.165) is 36.8 Å². The van der Waals surface area contributed by atoms with Gasteiger partial charge in [-0.25, -0.2) is 0 Å². The summed E-state index contributed by atoms with van der Waals surface area (Å²) >= 11 is 0. The third-order valence-corrected chi connectivity index (χ3v) is 15.0. The maximum Gasteiger partial charge on any atom is 0.0159 e. The molecular formula is C68H54. The largest absolute Gasteiger partial charge is 0.0912 e. The van der Waals surface area contributed by atoms with E-state index < -0.39 is 0 Å². The quantitative estimate of drug-likeness (QED) is 0.105. The first kappa shape index (κ1) is 41.6. The lowest BCUT2D eigenvalue weighted by atomic mass is 9.80. The Morgan fingerprint density at radius 3 is 1.40 bits per heavy atom. The van der Waals surface area contributed by atoms with Gasteiger partial charge in [0.15, 0.2) is 0 Å². The second-order valence-corrected chi connectivity index (χ2v) is 19.3. The summed E-state index contributed by atoms with van der Waals surface area (Å²) in [4.78, 5) is 0. The SMILES string of the molecule is C=C(/C=C\C(=C/C)c1c2ccccc2c(C2=CCCC=C2)c2ccccc12)c1ccc2c(c1)C(C)(C)c1cc(-c3ccc(-c4c5ccccc5c(C5=CCCC=C5)c5ccccc45)cc3)ccc1-2. The molecule has 68 heavy (non-hydrogen) atoms. The van der Waals surface area contributed by atoms with Crippen molar-refractivity contribution in [3.8, 4) is 33.4 Å². The van der Waals surface area contributed by atoms with Crippen LogP contribution in [0, 0.1) is 0 Å². The van der Waals surface area contributed by atoms with Crippen LogP contribution >= 0.6 is 0 Å². The molecule has 0 aliphatic heterocycles. The van der Waals surface area contributed by atoms with Gasteiger partial charge in [-0.3, -0.25) is 0 Å². The van der Waals surface area contributed by atoms with Gasteiger partial charge < -0.3 is 0 Å². The van der Waals surface area contributed by atoms with Crippen molar-refractivity contribution in [1.82, 2.24) is 0 Å². The molecule has 0 bridgehead atoms. The Hall–Kier alpha value is -7.80. The van der Waals surface area contributed by atoms with Crippen LogP contribution in [0.1, 0.15) is 79.8 Å². The van der Waals surface area contributed by atoms with Crippen LogP contribution in [0.15, 0.2) is 219 Å². The molecule has 0 spiro atoms. The number of hydrogen-bond acceptors (Lipinski definition) is 0. The van der Waals surface area contributed by atoms with E-state index in [1.807, 2.05) is 0 Å². The molecule has 0 amide bonds. The maximum absolute atomic E-state index is 4.65. The Morgan fingerprint density at radius 1 is 0.456 bits per heavy atom. The lowest BCUT2D eigenvalue weighted by molar-refractivity contribution is 0.660. The Bertz CT molecular complexity index is 3640. The second-order valence-electron chi connectivity index (χ2n) is 19.3. The average molecular weight is 871 g/mol. The summed E-state index contributed by atoms with van der Waals surface area (Å²) in [5.74, 6) is 0. The van der Waals surface area contributed by atoms with Gasteiger partial charge in [0, 0.05) is 5.41 Å². The van der Waals surface area contributed by atoms with Crippen molar-refractivity contribution in [3.05, 3.63) is 252 Å². The van der Waals surface area contributed by atoms with Gasteiger partial charge in [-0.2, -0.15) is 0 Å². The van der Waals surface area contributed by atoms with Crippen LogP contribution in [-0.2, 0) is 5.41 Å². The van der Waals surface area contributed by atoms with Crippen LogP contribution in [0.4, 0.5) is 0 Å². The minimum absolute atomic E-state index is 0.180. The molecule has 3 aliphatic carbocycles. The average Bonchev–Trinajstić information content (AvgIpc) is 3.62. The second kappa shape index (κ2) is 16.8. The zero-order valence-electron chi connectivity index (χ0n) is 39.2. The summed E-state index contributed by atoms with van der Waals surface area (Å²) in [6.07, 6.45) is 25.2. The van der Waals surface area contributed by atoms with Gasteiger partial charge in [-0.1, -0.05) is 221 Å². The molecule has 0 heterocycles. The van der Waals surface area contributed by atoms with Crippen LogP contribution in [0.3, 0.4) is 0 Å². The highest BCUT2D eigenvalue weighted by atomic mass is 14.4. The maximum atomic E-state index is 4.65. The summed E-state index contributed by atoms with van der Waals surface area (Å²) in [6, 6.07) is 59.1. The lowest BCUT2D eigenvalue weighted by Crippen LogP contribution is -2.15. The number of hydrogen-bond donors (Lipinski definition) is 0. The van der Waals surface area contributed by atoms with Crippen LogP contribution in [0.2, 0.25) is 0 Å². The normalized spacial score (nSPS) is 15.3. The third-order valence-electron chi connectivity index (χ3n) is 15.0. The van der Waals surface area contributed by atoms with Gasteiger partial charge in [0.05, 0.1) is 0 Å². The minimum atomic E-state index is -0.180. The summed E-state index contributed by atoms with van der Waals surface area (Å²) in [6.45, 7) is 11.6. The fraction of sp³-hybridized carbons (Fsp3) is 0.118. The lowest BCUT2D eigenvalue weighted by Gasteiger charge is -2.23. The predicted octanol–water partition coefficient (Wildman–Crippen LogP) is 19.1. The van der Waals surface area contributed by atoms with Crippen molar-refractivity contribution < 1.29 is 0 Å². The monoisotopic (exact) mass is 870 g/mol. The van der Waals surface area contributed by atoms with Crippen molar-refractivity contribution in [3.63, 3.8) is 0 Å². The Kier molecular flexibility index (Phi) is 10.3. The predicted molar refractivity (Wildman–Crippen MR) is 296 cm³/mol. The van der Waals surface area contributed by atoms with Gasteiger partial charge in [0.1, 0.15) is 0 Å². The Balaban J connectivity index is 0.850. The zero-order valence-corrected chi connectivity index (χ0v) is 39.2. The molecule has 3 aliphatic rings. The molecule has 0 saturated heterocycles. The molecule has 0 atom stereocenters. The zero-order chi connectivity index (χ0) is 45.9. The van der Waals surface area contributed by atoms with Gasteiger partial charge >= 0.3 is 0 Å². The van der Waals surface area contributed by atoms with Crippen molar-refractivity contribution in [2.24, 2.45) is 0 Å². The third kappa shape index (κ3) is 6.81. The summed E-state index contributed by atoms with van der Waals surface area (Å²) in [5, 5.41) is 10.3. The van der Waals surface area contributed by atoms with Crippen molar-refractivity contribution in [2.75, 3.05) is 0 Å². The molecule has 0 unspecified atom stereocenters. The highest BCUT2D eigenvalue weighted by molar-refractivity contribution is 6.20. The van der Waals surface area contributed by atoms with Crippen LogP contribution in [0.25, 0.3) is 98.8 Å². The molecule has 9 aromatic rings. The molecule has 0 N–H and O–H groups in total. The summed E-state index contributed by atoms with van der Waals surface area (Å²) < 4.78 is 0. The van der Waals surface area contributed by atoms with E-state index in [2.05, 4.69) is 240 Å². The number of allylic oxidation sites excluding steroid dienone is 13. The smallest absolute Gasteiger partial charge is 0.0159 e. The summed E-state index contributed by atoms with van der Waals surface area (Å²) in [5.41, 5.74) is 20.1. The molecule has 0 saturated carbocycles. The molecule has 0 radical (unpaired) electrons. The fourth-order valence-electron chi connectivity index (χ4n) is 11.7. The van der Waals surface area contributed by atoms with Crippen molar-refractivity contribution in [1.29, 1.82) is 0 Å². The van der Waals surface area contributed by atoms with Gasteiger partial charge in [-0.15, -0.1) is 0 Å². The van der Waals surface area contributed by atoms with Crippen LogP contribution < -0.4 is 0 Å². The Morgan fingerprint density at radius 2 is 0.897 bits per heavy atom. The highest BCUT2D eigenvalue weighted by Gasteiger charge is 2.36. The van der Waals surface area contributed by atoms with E-state index in [1.54, 1.807) is 0 Å². The first-order chi connectivity index (χ1) is 33.4. The van der Waals surface area contributed by atoms with E-state index in [1.165, 1.54) is 121 Å². The molecule has 0 heteroatoms. The molecular weight excluding hydrogens is 817 g/mol. The first-order valence-electron chi connectivity index (χ1n) is 24.4. The minimum Gasteiger partial charge on any atom is -0.0912 e. The van der Waals surface area contributed by atoms with Gasteiger partial charge in [0.2, 0.25) is 0 Å². The van der Waals surface area contributed by atoms with Gasteiger partial charge in [-0.05, 0) is 177 Å². The molecule has 0 aromatic heterocycles. The van der Waals surface area contributed by atoms with E-state index in [9.17, 15) is 0 Å². The van der Waals surface area contributed by atoms with E-state index in [4.69, 9.17) is 0 Å². The first-order valence-corrected chi connectivity index (χ1v) is 24.4. The molecule has 9 aromatic carbocycles. The topological polar surface area (TPSA) is 0 Å². The number of rotatable bonds is 8. The molecule has 326 valence electrons. The Labute approximate surface area is 401 Å². The van der Waals surface area contributed by atoms with E-state index >= 15 is 0 Å². The van der Waals surface area contributed by atoms with Crippen molar-refractivity contribution in [2.45, 2.75) is 51.9 Å². The van der Waals surface area contributed by atoms with Crippen LogP contribution in [-0.4, -0.2) is 0 Å². The molecule has 0 fully saturated rings. The number of fused-ring (bicyclic) bond motifs is 7. The van der Waals surface area contributed by atoms with E-state index in [-0.39, 0.29) is 5.41 Å².